The van der Waals surface area contributed by atoms with E-state index in [-0.39, 0.29) is 5.82 Å². The number of hydrogen-bond acceptors (Lipinski definition) is 4. The van der Waals surface area contributed by atoms with Crippen LogP contribution in [0.1, 0.15) is 11.4 Å². The Kier molecular flexibility index (Phi) is 3.50. The third-order valence-corrected chi connectivity index (χ3v) is 3.86. The van der Waals surface area contributed by atoms with Crippen LogP contribution in [0.15, 0.2) is 36.5 Å². The maximum absolute atomic E-state index is 13.7. The van der Waals surface area contributed by atoms with Crippen LogP contribution in [0.5, 0.6) is 0 Å². The highest BCUT2D eigenvalue weighted by atomic mass is 35.5. The van der Waals surface area contributed by atoms with Crippen molar-refractivity contribution >= 4 is 22.8 Å². The molecule has 0 aliphatic rings. The van der Waals surface area contributed by atoms with Gasteiger partial charge < -0.3 is 4.98 Å². The van der Waals surface area contributed by atoms with E-state index in [1.54, 1.807) is 35.1 Å². The number of hydrogen-bond donors (Lipinski definition) is 1. The first kappa shape index (κ1) is 14.8. The number of aromatic nitrogens is 6. The van der Waals surface area contributed by atoms with Crippen LogP contribution < -0.4 is 0 Å². The SMILES string of the molecule is Cc1nc2nc(-c3ccn(Cc4ccccc4F)n3)nc(Cl)c2[nH]1. The summed E-state index contributed by atoms with van der Waals surface area (Å²) in [7, 11) is 0. The first-order chi connectivity index (χ1) is 11.6. The molecular weight excluding hydrogens is 331 g/mol. The number of fused-ring (bicyclic) bond motifs is 1. The summed E-state index contributed by atoms with van der Waals surface area (Å²) in [5.41, 5.74) is 2.20. The second-order valence-corrected chi connectivity index (χ2v) is 5.71. The van der Waals surface area contributed by atoms with Gasteiger partial charge in [0.2, 0.25) is 0 Å². The molecule has 0 saturated heterocycles. The molecule has 120 valence electrons. The smallest absolute Gasteiger partial charge is 0.183 e. The second-order valence-electron chi connectivity index (χ2n) is 5.35. The quantitative estimate of drug-likeness (QED) is 0.579. The summed E-state index contributed by atoms with van der Waals surface area (Å²) >= 11 is 6.18. The van der Waals surface area contributed by atoms with Gasteiger partial charge >= 0.3 is 0 Å². The molecule has 4 aromatic rings. The van der Waals surface area contributed by atoms with E-state index in [4.69, 9.17) is 11.6 Å². The van der Waals surface area contributed by atoms with Crippen molar-refractivity contribution in [1.82, 2.24) is 29.7 Å². The average Bonchev–Trinajstić information content (AvgIpc) is 3.16. The van der Waals surface area contributed by atoms with Gasteiger partial charge in [-0.15, -0.1) is 0 Å². The molecule has 0 unspecified atom stereocenters. The van der Waals surface area contributed by atoms with Crippen LogP contribution in [-0.4, -0.2) is 29.7 Å². The van der Waals surface area contributed by atoms with Gasteiger partial charge in [0.15, 0.2) is 16.6 Å². The van der Waals surface area contributed by atoms with Crippen molar-refractivity contribution < 1.29 is 4.39 Å². The van der Waals surface area contributed by atoms with Crippen LogP contribution in [-0.2, 0) is 6.54 Å². The molecule has 8 heteroatoms. The van der Waals surface area contributed by atoms with Gasteiger partial charge in [0.05, 0.1) is 6.54 Å². The Balaban J connectivity index is 1.68. The van der Waals surface area contributed by atoms with Crippen molar-refractivity contribution in [2.45, 2.75) is 13.5 Å². The number of rotatable bonds is 3. The molecule has 4 rings (SSSR count). The molecule has 0 spiro atoms. The van der Waals surface area contributed by atoms with Crippen LogP contribution >= 0.6 is 11.6 Å². The maximum atomic E-state index is 13.7. The first-order valence-corrected chi connectivity index (χ1v) is 7.65. The molecule has 1 N–H and O–H groups in total. The fourth-order valence-electron chi connectivity index (χ4n) is 2.46. The molecule has 0 saturated carbocycles. The minimum absolute atomic E-state index is 0.262. The highest BCUT2D eigenvalue weighted by molar-refractivity contribution is 6.33. The van der Waals surface area contributed by atoms with Crippen molar-refractivity contribution in [3.63, 3.8) is 0 Å². The molecule has 0 amide bonds. The van der Waals surface area contributed by atoms with Crippen molar-refractivity contribution in [2.24, 2.45) is 0 Å². The van der Waals surface area contributed by atoms with Crippen molar-refractivity contribution in [3.05, 3.63) is 58.9 Å². The Labute approximate surface area is 141 Å². The second kappa shape index (κ2) is 5.68. The van der Waals surface area contributed by atoms with Gasteiger partial charge in [0, 0.05) is 11.8 Å². The highest BCUT2D eigenvalue weighted by Crippen LogP contribution is 2.22. The van der Waals surface area contributed by atoms with E-state index in [0.29, 0.717) is 45.8 Å². The Bertz CT molecular complexity index is 1040. The molecule has 24 heavy (non-hydrogen) atoms. The van der Waals surface area contributed by atoms with E-state index in [2.05, 4.69) is 25.0 Å². The van der Waals surface area contributed by atoms with Crippen molar-refractivity contribution in [2.75, 3.05) is 0 Å². The van der Waals surface area contributed by atoms with Crippen LogP contribution in [0.4, 0.5) is 4.39 Å². The van der Waals surface area contributed by atoms with Gasteiger partial charge in [0.1, 0.15) is 22.9 Å². The molecule has 0 radical (unpaired) electrons. The summed E-state index contributed by atoms with van der Waals surface area (Å²) in [4.78, 5) is 15.9. The van der Waals surface area contributed by atoms with Gasteiger partial charge in [-0.25, -0.2) is 19.3 Å². The van der Waals surface area contributed by atoms with Crippen LogP contribution in [0, 0.1) is 12.7 Å². The standard InChI is InChI=1S/C16H12ClFN6/c1-9-19-13-14(17)21-15(22-16(13)20-9)12-6-7-24(23-12)8-10-4-2-3-5-11(10)18/h2-7H,8H2,1H3,(H,19,20,21,22). The number of aryl methyl sites for hydroxylation is 1. The van der Waals surface area contributed by atoms with E-state index < -0.39 is 0 Å². The topological polar surface area (TPSA) is 72.3 Å². The molecule has 0 aliphatic carbocycles. The summed E-state index contributed by atoms with van der Waals surface area (Å²) in [6.07, 6.45) is 1.75. The van der Waals surface area contributed by atoms with Crippen LogP contribution in [0.25, 0.3) is 22.7 Å². The Morgan fingerprint density at radius 1 is 1.17 bits per heavy atom. The normalized spacial score (nSPS) is 11.3. The number of H-pyrrole nitrogens is 1. The highest BCUT2D eigenvalue weighted by Gasteiger charge is 2.13. The number of imidazole rings is 1. The summed E-state index contributed by atoms with van der Waals surface area (Å²) in [6, 6.07) is 8.36. The Hall–Kier alpha value is -2.80. The van der Waals surface area contributed by atoms with Gasteiger partial charge in [0.25, 0.3) is 0 Å². The third kappa shape index (κ3) is 2.63. The van der Waals surface area contributed by atoms with Gasteiger partial charge in [-0.05, 0) is 19.1 Å². The molecule has 6 nitrogen and oxygen atoms in total. The van der Waals surface area contributed by atoms with E-state index in [1.165, 1.54) is 6.07 Å². The lowest BCUT2D eigenvalue weighted by atomic mass is 10.2. The number of halogens is 2. The molecule has 0 bridgehead atoms. The Morgan fingerprint density at radius 3 is 2.83 bits per heavy atom. The minimum Gasteiger partial charge on any atom is -0.338 e. The molecule has 1 aromatic carbocycles. The maximum Gasteiger partial charge on any atom is 0.183 e. The Morgan fingerprint density at radius 2 is 2.00 bits per heavy atom. The summed E-state index contributed by atoms with van der Waals surface area (Å²) in [5.74, 6) is 0.831. The zero-order chi connectivity index (χ0) is 16.7. The monoisotopic (exact) mass is 342 g/mol. The first-order valence-electron chi connectivity index (χ1n) is 7.27. The molecule has 0 fully saturated rings. The van der Waals surface area contributed by atoms with Crippen LogP contribution in [0.3, 0.4) is 0 Å². The lowest BCUT2D eigenvalue weighted by Crippen LogP contribution is -2.03. The summed E-state index contributed by atoms with van der Waals surface area (Å²) in [6.45, 7) is 2.14. The third-order valence-electron chi connectivity index (χ3n) is 3.59. The fraction of sp³-hybridized carbons (Fsp3) is 0.125. The summed E-state index contributed by atoms with van der Waals surface area (Å²) < 4.78 is 15.4. The molecule has 3 aromatic heterocycles. The molecule has 3 heterocycles. The predicted octanol–water partition coefficient (Wildman–Crippen LogP) is 3.37. The molecule has 0 aliphatic heterocycles. The fourth-order valence-corrected chi connectivity index (χ4v) is 2.67. The van der Waals surface area contributed by atoms with Crippen molar-refractivity contribution in [3.8, 4) is 11.5 Å². The van der Waals surface area contributed by atoms with E-state index in [9.17, 15) is 4.39 Å². The lowest BCUT2D eigenvalue weighted by molar-refractivity contribution is 0.585. The zero-order valence-electron chi connectivity index (χ0n) is 12.7. The van der Waals surface area contributed by atoms with Gasteiger partial charge in [-0.1, -0.05) is 29.8 Å². The predicted molar refractivity (Wildman–Crippen MR) is 88.2 cm³/mol. The summed E-state index contributed by atoms with van der Waals surface area (Å²) in [5, 5.41) is 4.69. The van der Waals surface area contributed by atoms with E-state index >= 15 is 0 Å². The van der Waals surface area contributed by atoms with E-state index in [0.717, 1.165) is 0 Å². The zero-order valence-corrected chi connectivity index (χ0v) is 13.4. The largest absolute Gasteiger partial charge is 0.338 e. The number of benzene rings is 1. The number of aromatic amines is 1. The van der Waals surface area contributed by atoms with Gasteiger partial charge in [-0.2, -0.15) is 5.10 Å². The number of nitrogens with one attached hydrogen (secondary N) is 1. The van der Waals surface area contributed by atoms with Crippen LogP contribution in [0.2, 0.25) is 5.15 Å². The van der Waals surface area contributed by atoms with E-state index in [1.807, 2.05) is 6.92 Å². The van der Waals surface area contributed by atoms with Crippen molar-refractivity contribution in [1.29, 1.82) is 0 Å². The van der Waals surface area contributed by atoms with Gasteiger partial charge in [-0.3, -0.25) is 4.68 Å². The molecular formula is C16H12ClFN6. The lowest BCUT2D eigenvalue weighted by Gasteiger charge is -2.03. The molecule has 0 atom stereocenters. The average molecular weight is 343 g/mol. The number of nitrogens with zero attached hydrogens (tertiary/aromatic N) is 5. The minimum atomic E-state index is -0.262.